The molecule has 1 saturated carbocycles. The van der Waals surface area contributed by atoms with Gasteiger partial charge in [0.05, 0.1) is 57.0 Å². The van der Waals surface area contributed by atoms with Gasteiger partial charge in [-0.1, -0.05) is 6.58 Å². The first-order valence-electron chi connectivity index (χ1n) is 20.5. The zero-order chi connectivity index (χ0) is 44.7. The van der Waals surface area contributed by atoms with E-state index < -0.39 is 47.7 Å². The summed E-state index contributed by atoms with van der Waals surface area (Å²) in [6.45, 7) is 10.8. The van der Waals surface area contributed by atoms with Gasteiger partial charge in [-0.2, -0.15) is 0 Å². The number of carbonyl (C=O) groups is 6. The van der Waals surface area contributed by atoms with Crippen LogP contribution in [0.25, 0.3) is 0 Å². The number of benzene rings is 3. The SMILES string of the molecule is C=CC(=O)OCCCCOc1ccc(C(=O)Oc2ccc(OC(=O)C3CCC(C(=O)Oc4ccc(OC(C)=O)c(COCCOCC)c4)CC3)cc2C(=O)OCCOCC)cc1. The van der Waals surface area contributed by atoms with Crippen LogP contribution < -0.4 is 23.7 Å². The Kier molecular flexibility index (Phi) is 20.6. The predicted molar refractivity (Wildman–Crippen MR) is 221 cm³/mol. The average molecular weight is 863 g/mol. The lowest BCUT2D eigenvalue weighted by Crippen LogP contribution is -2.30. The lowest BCUT2D eigenvalue weighted by atomic mass is 9.82. The smallest absolute Gasteiger partial charge is 0.343 e. The maximum atomic E-state index is 13.3. The molecule has 62 heavy (non-hydrogen) atoms. The van der Waals surface area contributed by atoms with Crippen molar-refractivity contribution in [2.24, 2.45) is 11.8 Å². The third-order valence-corrected chi connectivity index (χ3v) is 9.30. The summed E-state index contributed by atoms with van der Waals surface area (Å²) in [4.78, 5) is 75.6. The second kappa shape index (κ2) is 26.3. The fourth-order valence-electron chi connectivity index (χ4n) is 6.10. The van der Waals surface area contributed by atoms with Gasteiger partial charge in [0.25, 0.3) is 0 Å². The van der Waals surface area contributed by atoms with Crippen molar-refractivity contribution in [2.75, 3.05) is 52.9 Å². The van der Waals surface area contributed by atoms with Gasteiger partial charge in [-0.25, -0.2) is 14.4 Å². The quantitative estimate of drug-likeness (QED) is 0.0374. The predicted octanol–water partition coefficient (Wildman–Crippen LogP) is 6.78. The Balaban J connectivity index is 1.33. The molecule has 0 aliphatic heterocycles. The van der Waals surface area contributed by atoms with Crippen LogP contribution in [0.3, 0.4) is 0 Å². The number of esters is 6. The van der Waals surface area contributed by atoms with Crippen molar-refractivity contribution >= 4 is 35.8 Å². The van der Waals surface area contributed by atoms with Crippen LogP contribution in [0.15, 0.2) is 73.3 Å². The molecule has 0 heterocycles. The molecular formula is C46H54O16. The third kappa shape index (κ3) is 16.4. The van der Waals surface area contributed by atoms with Gasteiger partial charge in [0.2, 0.25) is 0 Å². The number of carbonyl (C=O) groups excluding carboxylic acids is 6. The molecule has 1 fully saturated rings. The summed E-state index contributed by atoms with van der Waals surface area (Å²) in [5, 5.41) is 0. The average Bonchev–Trinajstić information content (AvgIpc) is 3.27. The number of rotatable bonds is 25. The summed E-state index contributed by atoms with van der Waals surface area (Å²) in [6, 6.07) is 14.9. The van der Waals surface area contributed by atoms with E-state index in [1.165, 1.54) is 49.4 Å². The van der Waals surface area contributed by atoms with Crippen LogP contribution >= 0.6 is 0 Å². The maximum Gasteiger partial charge on any atom is 0.343 e. The fourth-order valence-corrected chi connectivity index (χ4v) is 6.10. The highest BCUT2D eigenvalue weighted by Gasteiger charge is 2.33. The molecule has 0 amide bonds. The van der Waals surface area contributed by atoms with Gasteiger partial charge in [0, 0.05) is 31.8 Å². The zero-order valence-corrected chi connectivity index (χ0v) is 35.4. The summed E-state index contributed by atoms with van der Waals surface area (Å²) in [6.07, 6.45) is 3.77. The topological polar surface area (TPSA) is 195 Å². The van der Waals surface area contributed by atoms with E-state index in [0.717, 1.165) is 6.08 Å². The molecule has 0 saturated heterocycles. The van der Waals surface area contributed by atoms with E-state index in [4.69, 9.17) is 47.4 Å². The highest BCUT2D eigenvalue weighted by molar-refractivity contribution is 5.97. The molecule has 3 aromatic carbocycles. The van der Waals surface area contributed by atoms with Crippen molar-refractivity contribution in [1.82, 2.24) is 0 Å². The first-order valence-corrected chi connectivity index (χ1v) is 20.5. The van der Waals surface area contributed by atoms with Crippen molar-refractivity contribution in [1.29, 1.82) is 0 Å². The molecule has 0 aromatic heterocycles. The maximum absolute atomic E-state index is 13.3. The number of ether oxygens (including phenoxy) is 10. The van der Waals surface area contributed by atoms with E-state index in [1.807, 2.05) is 6.92 Å². The van der Waals surface area contributed by atoms with Crippen molar-refractivity contribution in [3.8, 4) is 28.7 Å². The highest BCUT2D eigenvalue weighted by atomic mass is 16.6. The second-order valence-corrected chi connectivity index (χ2v) is 13.8. The van der Waals surface area contributed by atoms with Crippen LogP contribution in [0.4, 0.5) is 0 Å². The Morgan fingerprint density at radius 3 is 1.77 bits per heavy atom. The fraction of sp³-hybridized carbons (Fsp3) is 0.435. The van der Waals surface area contributed by atoms with Gasteiger partial charge in [-0.3, -0.25) is 14.4 Å². The molecule has 4 rings (SSSR count). The molecule has 1 aliphatic carbocycles. The van der Waals surface area contributed by atoms with Gasteiger partial charge in [-0.05, 0) is 113 Å². The first-order chi connectivity index (χ1) is 30.0. The molecule has 334 valence electrons. The van der Waals surface area contributed by atoms with Crippen LogP contribution in [-0.4, -0.2) is 88.7 Å². The van der Waals surface area contributed by atoms with Gasteiger partial charge in [-0.15, -0.1) is 0 Å². The molecule has 3 aromatic rings. The van der Waals surface area contributed by atoms with Crippen molar-refractivity contribution < 1.29 is 76.1 Å². The molecule has 16 heteroatoms. The molecule has 0 N–H and O–H groups in total. The van der Waals surface area contributed by atoms with Crippen LogP contribution in [-0.2, 0) is 49.5 Å². The Morgan fingerprint density at radius 2 is 1.16 bits per heavy atom. The zero-order valence-electron chi connectivity index (χ0n) is 35.4. The van der Waals surface area contributed by atoms with Crippen molar-refractivity contribution in [2.45, 2.75) is 65.9 Å². The van der Waals surface area contributed by atoms with E-state index in [1.54, 1.807) is 25.1 Å². The van der Waals surface area contributed by atoms with Crippen molar-refractivity contribution in [3.63, 3.8) is 0 Å². The summed E-state index contributed by atoms with van der Waals surface area (Å²) < 4.78 is 54.4. The van der Waals surface area contributed by atoms with Gasteiger partial charge in [0.1, 0.15) is 40.9 Å². The molecular weight excluding hydrogens is 808 g/mol. The molecule has 0 radical (unpaired) electrons. The first kappa shape index (κ1) is 48.6. The molecule has 16 nitrogen and oxygen atoms in total. The molecule has 0 bridgehead atoms. The largest absolute Gasteiger partial charge is 0.494 e. The van der Waals surface area contributed by atoms with Crippen LogP contribution in [0, 0.1) is 11.8 Å². The second-order valence-electron chi connectivity index (χ2n) is 13.8. The number of hydrogen-bond acceptors (Lipinski definition) is 16. The normalized spacial score (nSPS) is 14.5. The summed E-state index contributed by atoms with van der Waals surface area (Å²) in [5.74, 6) is -3.61. The van der Waals surface area contributed by atoms with E-state index in [0.29, 0.717) is 88.6 Å². The standard InChI is InChI=1S/C46H54O16/c1-5-42(48)57-23-9-8-22-56-36-16-14-34(15-17-36)45(51)62-41-21-19-38(29-39(41)46(52)58-27-26-54-7-3)61-44(50)33-12-10-32(11-13-33)43(49)60-37-18-20-40(59-31(4)47)35(28-37)30-55-25-24-53-6-2/h5,14-21,28-29,32-33H,1,6-13,22-27,30H2,2-4H3. The monoisotopic (exact) mass is 862 g/mol. The lowest BCUT2D eigenvalue weighted by Gasteiger charge is -2.26. The van der Waals surface area contributed by atoms with Crippen LogP contribution in [0.5, 0.6) is 28.7 Å². The van der Waals surface area contributed by atoms with Gasteiger partial charge >= 0.3 is 35.8 Å². The van der Waals surface area contributed by atoms with Crippen LogP contribution in [0.1, 0.15) is 85.6 Å². The van der Waals surface area contributed by atoms with E-state index in [9.17, 15) is 28.8 Å². The Bertz CT molecular complexity index is 1970. The van der Waals surface area contributed by atoms with Gasteiger partial charge < -0.3 is 47.4 Å². The van der Waals surface area contributed by atoms with Crippen molar-refractivity contribution in [3.05, 3.63) is 90.0 Å². The summed E-state index contributed by atoms with van der Waals surface area (Å²) >= 11 is 0. The Hall–Kier alpha value is -6.10. The Labute approximate surface area is 360 Å². The molecule has 0 atom stereocenters. The van der Waals surface area contributed by atoms with E-state index >= 15 is 0 Å². The minimum Gasteiger partial charge on any atom is -0.494 e. The minimum absolute atomic E-state index is 0.0309. The molecule has 0 spiro atoms. The Morgan fingerprint density at radius 1 is 0.597 bits per heavy atom. The lowest BCUT2D eigenvalue weighted by molar-refractivity contribution is -0.145. The summed E-state index contributed by atoms with van der Waals surface area (Å²) in [5.41, 5.74) is 0.556. The minimum atomic E-state index is -0.824. The summed E-state index contributed by atoms with van der Waals surface area (Å²) in [7, 11) is 0. The molecule has 1 aliphatic rings. The number of unbranched alkanes of at least 4 members (excludes halogenated alkanes) is 1. The third-order valence-electron chi connectivity index (χ3n) is 9.30. The highest BCUT2D eigenvalue weighted by Crippen LogP contribution is 2.34. The van der Waals surface area contributed by atoms with Gasteiger partial charge in [0.15, 0.2) is 0 Å². The number of hydrogen-bond donors (Lipinski definition) is 0. The van der Waals surface area contributed by atoms with Crippen LogP contribution in [0.2, 0.25) is 0 Å². The van der Waals surface area contributed by atoms with E-state index in [-0.39, 0.29) is 54.8 Å². The molecule has 0 unspecified atom stereocenters. The van der Waals surface area contributed by atoms with E-state index in [2.05, 4.69) is 6.58 Å².